The van der Waals surface area contributed by atoms with E-state index in [1.807, 2.05) is 7.05 Å². The molecule has 106 valence electrons. The van der Waals surface area contributed by atoms with Crippen LogP contribution in [-0.2, 0) is 11.8 Å². The van der Waals surface area contributed by atoms with Crippen molar-refractivity contribution in [3.05, 3.63) is 29.5 Å². The minimum Gasteiger partial charge on any atom is -0.399 e. The summed E-state index contributed by atoms with van der Waals surface area (Å²) in [6.45, 7) is 0. The van der Waals surface area contributed by atoms with Gasteiger partial charge in [0.1, 0.15) is 6.33 Å². The van der Waals surface area contributed by atoms with Gasteiger partial charge in [-0.2, -0.15) is 0 Å². The molecule has 20 heavy (non-hydrogen) atoms. The predicted molar refractivity (Wildman–Crippen MR) is 80.8 cm³/mol. The molecule has 1 aromatic heterocycles. The van der Waals surface area contributed by atoms with E-state index in [2.05, 4.69) is 15.5 Å². The van der Waals surface area contributed by atoms with E-state index in [4.69, 9.17) is 17.3 Å². The number of aromatic nitrogens is 3. The number of amides is 1. The van der Waals surface area contributed by atoms with Crippen molar-refractivity contribution in [3.63, 3.8) is 0 Å². The van der Waals surface area contributed by atoms with Gasteiger partial charge in [0.05, 0.1) is 10.7 Å². The van der Waals surface area contributed by atoms with E-state index in [-0.39, 0.29) is 5.91 Å². The lowest BCUT2D eigenvalue weighted by molar-refractivity contribution is -0.115. The molecule has 0 aliphatic carbocycles. The van der Waals surface area contributed by atoms with E-state index in [1.54, 1.807) is 29.1 Å². The Hall–Kier alpha value is -1.73. The van der Waals surface area contributed by atoms with Gasteiger partial charge in [0.25, 0.3) is 0 Å². The second-order valence-corrected chi connectivity index (χ2v) is 5.58. The standard InChI is InChI=1S/C12H14ClN5OS/c1-18-7-15-17-12(18)20-5-4-11(19)16-10-3-2-8(14)6-9(10)13/h2-3,6-7H,4-5,14H2,1H3,(H,16,19). The smallest absolute Gasteiger partial charge is 0.225 e. The molecule has 1 aromatic carbocycles. The van der Waals surface area contributed by atoms with Crippen LogP contribution in [0, 0.1) is 0 Å². The summed E-state index contributed by atoms with van der Waals surface area (Å²) >= 11 is 7.46. The summed E-state index contributed by atoms with van der Waals surface area (Å²) in [5.74, 6) is 0.511. The van der Waals surface area contributed by atoms with Crippen LogP contribution < -0.4 is 11.1 Å². The molecular weight excluding hydrogens is 298 g/mol. The third kappa shape index (κ3) is 3.88. The van der Waals surface area contributed by atoms with Gasteiger partial charge in [-0.05, 0) is 18.2 Å². The summed E-state index contributed by atoms with van der Waals surface area (Å²) in [6.07, 6.45) is 1.98. The highest BCUT2D eigenvalue weighted by Gasteiger charge is 2.08. The van der Waals surface area contributed by atoms with Gasteiger partial charge >= 0.3 is 0 Å². The maximum Gasteiger partial charge on any atom is 0.225 e. The lowest BCUT2D eigenvalue weighted by Gasteiger charge is -2.07. The van der Waals surface area contributed by atoms with Crippen molar-refractivity contribution < 1.29 is 4.79 Å². The fourth-order valence-corrected chi connectivity index (χ4v) is 2.55. The number of hydrogen-bond acceptors (Lipinski definition) is 5. The second-order valence-electron chi connectivity index (χ2n) is 4.11. The van der Waals surface area contributed by atoms with Gasteiger partial charge < -0.3 is 15.6 Å². The van der Waals surface area contributed by atoms with E-state index in [9.17, 15) is 4.79 Å². The summed E-state index contributed by atoms with van der Waals surface area (Å²) in [5, 5.41) is 11.7. The van der Waals surface area contributed by atoms with Crippen LogP contribution in [0.25, 0.3) is 0 Å². The Morgan fingerprint density at radius 1 is 1.55 bits per heavy atom. The minimum atomic E-state index is -0.105. The number of halogens is 1. The normalized spacial score (nSPS) is 10.5. The summed E-state index contributed by atoms with van der Waals surface area (Å²) in [7, 11) is 1.86. The number of carbonyl (C=O) groups is 1. The average molecular weight is 312 g/mol. The Kier molecular flexibility index (Phi) is 4.86. The molecule has 0 saturated carbocycles. The van der Waals surface area contributed by atoms with Crippen molar-refractivity contribution >= 4 is 40.6 Å². The molecule has 1 heterocycles. The van der Waals surface area contributed by atoms with Crippen molar-refractivity contribution in [2.45, 2.75) is 11.6 Å². The third-order valence-corrected chi connectivity index (χ3v) is 3.85. The van der Waals surface area contributed by atoms with E-state index in [0.717, 1.165) is 5.16 Å². The Bertz CT molecular complexity index is 616. The van der Waals surface area contributed by atoms with Crippen molar-refractivity contribution in [1.29, 1.82) is 0 Å². The zero-order valence-corrected chi connectivity index (χ0v) is 12.4. The molecule has 2 aromatic rings. The maximum atomic E-state index is 11.8. The SMILES string of the molecule is Cn1cnnc1SCCC(=O)Nc1ccc(N)cc1Cl. The van der Waals surface area contributed by atoms with Gasteiger partial charge in [0.15, 0.2) is 5.16 Å². The number of rotatable bonds is 5. The average Bonchev–Trinajstić information content (AvgIpc) is 2.79. The van der Waals surface area contributed by atoms with Crippen LogP contribution in [0.5, 0.6) is 0 Å². The summed E-state index contributed by atoms with van der Waals surface area (Å²) in [5.41, 5.74) is 6.72. The zero-order chi connectivity index (χ0) is 14.5. The second kappa shape index (κ2) is 6.62. The number of thioether (sulfide) groups is 1. The lowest BCUT2D eigenvalue weighted by Crippen LogP contribution is -2.12. The number of carbonyl (C=O) groups excluding carboxylic acids is 1. The van der Waals surface area contributed by atoms with Crippen LogP contribution in [0.1, 0.15) is 6.42 Å². The first-order chi connectivity index (χ1) is 9.56. The highest BCUT2D eigenvalue weighted by Crippen LogP contribution is 2.24. The monoisotopic (exact) mass is 311 g/mol. The number of nitrogen functional groups attached to an aromatic ring is 1. The summed E-state index contributed by atoms with van der Waals surface area (Å²) < 4.78 is 1.80. The molecule has 0 radical (unpaired) electrons. The van der Waals surface area contributed by atoms with Gasteiger partial charge in [-0.3, -0.25) is 4.79 Å². The molecule has 0 bridgehead atoms. The topological polar surface area (TPSA) is 85.8 Å². The molecule has 0 atom stereocenters. The highest BCUT2D eigenvalue weighted by molar-refractivity contribution is 7.99. The van der Waals surface area contributed by atoms with Gasteiger partial charge in [0.2, 0.25) is 5.91 Å². The van der Waals surface area contributed by atoms with Crippen molar-refractivity contribution in [3.8, 4) is 0 Å². The lowest BCUT2D eigenvalue weighted by atomic mass is 10.3. The van der Waals surface area contributed by atoms with Crippen LogP contribution in [0.3, 0.4) is 0 Å². The van der Waals surface area contributed by atoms with Crippen LogP contribution in [0.15, 0.2) is 29.7 Å². The molecule has 3 N–H and O–H groups in total. The molecule has 8 heteroatoms. The van der Waals surface area contributed by atoms with Crippen LogP contribution in [0.2, 0.25) is 5.02 Å². The molecular formula is C12H14ClN5OS. The Morgan fingerprint density at radius 2 is 2.35 bits per heavy atom. The molecule has 0 unspecified atom stereocenters. The maximum absolute atomic E-state index is 11.8. The Morgan fingerprint density at radius 3 is 3.00 bits per heavy atom. The molecule has 0 spiro atoms. The number of nitrogens with zero attached hydrogens (tertiary/aromatic N) is 3. The molecule has 0 saturated heterocycles. The summed E-state index contributed by atoms with van der Waals surface area (Å²) in [4.78, 5) is 11.8. The van der Waals surface area contributed by atoms with E-state index < -0.39 is 0 Å². The van der Waals surface area contributed by atoms with Crippen molar-refractivity contribution in [1.82, 2.24) is 14.8 Å². The van der Waals surface area contributed by atoms with Gasteiger partial charge in [-0.1, -0.05) is 23.4 Å². The number of nitrogens with one attached hydrogen (secondary N) is 1. The van der Waals surface area contributed by atoms with Crippen LogP contribution in [0.4, 0.5) is 11.4 Å². The Labute approximate surface area is 125 Å². The van der Waals surface area contributed by atoms with Gasteiger partial charge in [-0.25, -0.2) is 0 Å². The first-order valence-electron chi connectivity index (χ1n) is 5.88. The largest absolute Gasteiger partial charge is 0.399 e. The molecule has 0 aliphatic heterocycles. The van der Waals surface area contributed by atoms with Crippen molar-refractivity contribution in [2.24, 2.45) is 7.05 Å². The number of benzene rings is 1. The zero-order valence-electron chi connectivity index (χ0n) is 10.8. The number of aryl methyl sites for hydroxylation is 1. The molecule has 0 aliphatic rings. The molecule has 1 amide bonds. The number of nitrogens with two attached hydrogens (primary N) is 1. The Balaban J connectivity index is 1.82. The first-order valence-corrected chi connectivity index (χ1v) is 7.24. The van der Waals surface area contributed by atoms with Crippen molar-refractivity contribution in [2.75, 3.05) is 16.8 Å². The molecule has 6 nitrogen and oxygen atoms in total. The van der Waals surface area contributed by atoms with E-state index in [0.29, 0.717) is 28.6 Å². The minimum absolute atomic E-state index is 0.105. The van der Waals surface area contributed by atoms with Gasteiger partial charge in [-0.15, -0.1) is 10.2 Å². The van der Waals surface area contributed by atoms with Gasteiger partial charge in [0, 0.05) is 24.9 Å². The quantitative estimate of drug-likeness (QED) is 0.653. The van der Waals surface area contributed by atoms with Crippen LogP contribution in [-0.4, -0.2) is 26.4 Å². The third-order valence-electron chi connectivity index (χ3n) is 2.50. The molecule has 0 fully saturated rings. The highest BCUT2D eigenvalue weighted by atomic mass is 35.5. The first kappa shape index (κ1) is 14.7. The molecule has 2 rings (SSSR count). The fraction of sp³-hybridized carbons (Fsp3) is 0.250. The fourth-order valence-electron chi connectivity index (χ4n) is 1.48. The number of anilines is 2. The van der Waals surface area contributed by atoms with E-state index in [1.165, 1.54) is 11.8 Å². The van der Waals surface area contributed by atoms with E-state index >= 15 is 0 Å². The van der Waals surface area contributed by atoms with Crippen LogP contribution >= 0.6 is 23.4 Å². The summed E-state index contributed by atoms with van der Waals surface area (Å²) in [6, 6.07) is 4.98. The number of hydrogen-bond donors (Lipinski definition) is 2. The predicted octanol–water partition coefficient (Wildman–Crippen LogP) is 2.17.